The van der Waals surface area contributed by atoms with E-state index in [0.29, 0.717) is 24.5 Å². The fraction of sp³-hybridized carbons (Fsp3) is 0.667. The number of hydrogen-bond acceptors (Lipinski definition) is 5. The van der Waals surface area contributed by atoms with Crippen LogP contribution in [0.2, 0.25) is 0 Å². The van der Waals surface area contributed by atoms with Crippen LogP contribution in [0.25, 0.3) is 0 Å². The second-order valence-corrected chi connectivity index (χ2v) is 3.99. The lowest BCUT2D eigenvalue weighted by atomic mass is 10.1. The highest BCUT2D eigenvalue weighted by Gasteiger charge is 2.14. The number of nitrogens with zero attached hydrogens (tertiary/aromatic N) is 2. The fourth-order valence-electron chi connectivity index (χ4n) is 1.13. The molecule has 6 heteroatoms. The Kier molecular flexibility index (Phi) is 3.54. The summed E-state index contributed by atoms with van der Waals surface area (Å²) in [5.74, 6) is 0.327. The molecule has 0 radical (unpaired) electrons. The maximum atomic E-state index is 9.53. The number of rotatable bonds is 5. The van der Waals surface area contributed by atoms with Gasteiger partial charge >= 0.3 is 0 Å². The molecular weight excluding hydrogens is 198 g/mol. The molecule has 0 amide bonds. The molecule has 0 atom stereocenters. The van der Waals surface area contributed by atoms with Gasteiger partial charge in [0, 0.05) is 6.54 Å². The van der Waals surface area contributed by atoms with Crippen LogP contribution in [-0.4, -0.2) is 32.8 Å². The zero-order valence-electron chi connectivity index (χ0n) is 9.19. The second-order valence-electron chi connectivity index (χ2n) is 3.99. The zero-order valence-corrected chi connectivity index (χ0v) is 9.19. The Bertz CT molecular complexity index is 295. The van der Waals surface area contributed by atoms with Crippen molar-refractivity contribution >= 4 is 5.69 Å². The van der Waals surface area contributed by atoms with Gasteiger partial charge in [0.1, 0.15) is 5.69 Å². The normalized spacial score (nSPS) is 11.5. The molecule has 0 fully saturated rings. The average Bonchev–Trinajstić information content (AvgIpc) is 2.56. The number of anilines is 1. The van der Waals surface area contributed by atoms with Gasteiger partial charge in [0.2, 0.25) is 0 Å². The molecule has 0 aliphatic heterocycles. The molecule has 0 aliphatic carbocycles. The van der Waals surface area contributed by atoms with Gasteiger partial charge in [-0.25, -0.2) is 0 Å². The molecule has 0 unspecified atom stereocenters. The van der Waals surface area contributed by atoms with Crippen LogP contribution >= 0.6 is 0 Å². The topological polar surface area (TPSA) is 79.5 Å². The van der Waals surface area contributed by atoms with Gasteiger partial charge in [-0.2, -0.15) is 0 Å². The third-order valence-electron chi connectivity index (χ3n) is 1.99. The van der Waals surface area contributed by atoms with Crippen molar-refractivity contribution in [1.82, 2.24) is 9.78 Å². The molecule has 6 nitrogen and oxygen atoms in total. The van der Waals surface area contributed by atoms with Crippen LogP contribution in [0.1, 0.15) is 20.3 Å². The highest BCUT2D eigenvalue weighted by atomic mass is 16.5. The Morgan fingerprint density at radius 1 is 1.60 bits per heavy atom. The summed E-state index contributed by atoms with van der Waals surface area (Å²) in [7, 11) is 1.48. The summed E-state index contributed by atoms with van der Waals surface area (Å²) >= 11 is 0. The molecule has 1 aromatic rings. The SMILES string of the molecule is COc1nn(CCC(C)(C)O)cc1NO. The lowest BCUT2D eigenvalue weighted by Gasteiger charge is -2.16. The predicted octanol–water partition coefficient (Wildman–Crippen LogP) is 0.854. The van der Waals surface area contributed by atoms with E-state index in [4.69, 9.17) is 9.94 Å². The Morgan fingerprint density at radius 2 is 2.27 bits per heavy atom. The van der Waals surface area contributed by atoms with Crippen molar-refractivity contribution in [1.29, 1.82) is 0 Å². The van der Waals surface area contributed by atoms with E-state index in [-0.39, 0.29) is 0 Å². The zero-order chi connectivity index (χ0) is 11.5. The van der Waals surface area contributed by atoms with Crippen LogP contribution in [-0.2, 0) is 6.54 Å². The summed E-state index contributed by atoms with van der Waals surface area (Å²) < 4.78 is 6.54. The van der Waals surface area contributed by atoms with Gasteiger partial charge in [0.25, 0.3) is 5.88 Å². The van der Waals surface area contributed by atoms with E-state index in [1.807, 2.05) is 5.48 Å². The Balaban J connectivity index is 2.66. The molecule has 1 heterocycles. The van der Waals surface area contributed by atoms with E-state index >= 15 is 0 Å². The average molecular weight is 215 g/mol. The van der Waals surface area contributed by atoms with Gasteiger partial charge in [-0.15, -0.1) is 5.10 Å². The summed E-state index contributed by atoms with van der Waals surface area (Å²) in [5, 5.41) is 22.4. The molecule has 86 valence electrons. The third kappa shape index (κ3) is 3.41. The minimum absolute atomic E-state index is 0.327. The number of aliphatic hydroxyl groups is 1. The number of nitrogens with one attached hydrogen (secondary N) is 1. The standard InChI is InChI=1S/C9H17N3O3/c1-9(2,13)4-5-12-6-7(11-14)8(10-12)15-3/h6,11,13-14H,4-5H2,1-3H3. The van der Waals surface area contributed by atoms with Crippen molar-refractivity contribution < 1.29 is 15.1 Å². The predicted molar refractivity (Wildman–Crippen MR) is 55.1 cm³/mol. The molecule has 0 aliphatic rings. The number of aromatic nitrogens is 2. The van der Waals surface area contributed by atoms with Gasteiger partial charge < -0.3 is 9.84 Å². The maximum absolute atomic E-state index is 9.53. The van der Waals surface area contributed by atoms with Crippen LogP contribution in [0.5, 0.6) is 5.88 Å². The Morgan fingerprint density at radius 3 is 2.67 bits per heavy atom. The summed E-state index contributed by atoms with van der Waals surface area (Å²) in [6.07, 6.45) is 2.19. The van der Waals surface area contributed by atoms with Gasteiger partial charge in [0.05, 0.1) is 18.9 Å². The van der Waals surface area contributed by atoms with Gasteiger partial charge in [-0.05, 0) is 20.3 Å². The van der Waals surface area contributed by atoms with E-state index in [1.54, 1.807) is 24.7 Å². The van der Waals surface area contributed by atoms with E-state index in [1.165, 1.54) is 7.11 Å². The molecule has 15 heavy (non-hydrogen) atoms. The van der Waals surface area contributed by atoms with E-state index in [9.17, 15) is 5.11 Å². The molecule has 1 aromatic heterocycles. The summed E-state index contributed by atoms with van der Waals surface area (Å²) in [5.41, 5.74) is 1.67. The Hall–Kier alpha value is -1.27. The Labute approximate surface area is 88.4 Å². The first-order valence-electron chi connectivity index (χ1n) is 4.70. The van der Waals surface area contributed by atoms with Crippen molar-refractivity contribution in [2.24, 2.45) is 0 Å². The number of aryl methyl sites for hydroxylation is 1. The second kappa shape index (κ2) is 4.50. The van der Waals surface area contributed by atoms with Gasteiger partial charge in [-0.3, -0.25) is 15.4 Å². The van der Waals surface area contributed by atoms with E-state index in [0.717, 1.165) is 0 Å². The molecular formula is C9H17N3O3. The summed E-state index contributed by atoms with van der Waals surface area (Å²) in [6.45, 7) is 4.03. The molecule has 0 saturated heterocycles. The van der Waals surface area contributed by atoms with Crippen LogP contribution in [0.15, 0.2) is 6.20 Å². The molecule has 0 bridgehead atoms. The first-order valence-corrected chi connectivity index (χ1v) is 4.70. The highest BCUT2D eigenvalue weighted by molar-refractivity contribution is 5.48. The first-order chi connectivity index (χ1) is 6.96. The largest absolute Gasteiger partial charge is 0.478 e. The summed E-state index contributed by atoms with van der Waals surface area (Å²) in [6, 6.07) is 0. The van der Waals surface area contributed by atoms with Crippen LogP contribution in [0, 0.1) is 0 Å². The monoisotopic (exact) mass is 215 g/mol. The molecule has 0 aromatic carbocycles. The smallest absolute Gasteiger partial charge is 0.258 e. The third-order valence-corrected chi connectivity index (χ3v) is 1.99. The molecule has 1 rings (SSSR count). The lowest BCUT2D eigenvalue weighted by Crippen LogP contribution is -2.21. The molecule has 0 spiro atoms. The van der Waals surface area contributed by atoms with Crippen LogP contribution in [0.4, 0.5) is 5.69 Å². The van der Waals surface area contributed by atoms with Crippen molar-refractivity contribution in [3.63, 3.8) is 0 Å². The first kappa shape index (κ1) is 11.8. The van der Waals surface area contributed by atoms with Crippen LogP contribution < -0.4 is 10.2 Å². The number of hydrogen-bond donors (Lipinski definition) is 3. The minimum atomic E-state index is -0.730. The molecule has 3 N–H and O–H groups in total. The van der Waals surface area contributed by atoms with Gasteiger partial charge in [0.15, 0.2) is 0 Å². The lowest BCUT2D eigenvalue weighted by molar-refractivity contribution is 0.0650. The van der Waals surface area contributed by atoms with Crippen molar-refractivity contribution in [2.75, 3.05) is 12.6 Å². The van der Waals surface area contributed by atoms with Crippen LogP contribution in [0.3, 0.4) is 0 Å². The van der Waals surface area contributed by atoms with Crippen molar-refractivity contribution in [3.05, 3.63) is 6.20 Å². The quantitative estimate of drug-likeness (QED) is 0.635. The maximum Gasteiger partial charge on any atom is 0.258 e. The van der Waals surface area contributed by atoms with Crippen molar-refractivity contribution in [2.45, 2.75) is 32.4 Å². The fourth-order valence-corrected chi connectivity index (χ4v) is 1.13. The highest BCUT2D eigenvalue weighted by Crippen LogP contribution is 2.21. The number of methoxy groups -OCH3 is 1. The number of ether oxygens (including phenoxy) is 1. The minimum Gasteiger partial charge on any atom is -0.478 e. The van der Waals surface area contributed by atoms with Gasteiger partial charge in [-0.1, -0.05) is 0 Å². The molecule has 0 saturated carbocycles. The van der Waals surface area contributed by atoms with E-state index < -0.39 is 5.60 Å². The summed E-state index contributed by atoms with van der Waals surface area (Å²) in [4.78, 5) is 0. The van der Waals surface area contributed by atoms with Crippen molar-refractivity contribution in [3.8, 4) is 5.88 Å². The van der Waals surface area contributed by atoms with E-state index in [2.05, 4.69) is 5.10 Å².